The molecule has 3 nitrogen and oxygen atoms in total. The number of hydrogen-bond donors (Lipinski definition) is 2. The van der Waals surface area contributed by atoms with E-state index in [1.165, 1.54) is 0 Å². The topological polar surface area (TPSA) is 55.1 Å². The van der Waals surface area contributed by atoms with Crippen LogP contribution in [0.4, 0.5) is 5.69 Å². The molecule has 0 radical (unpaired) electrons. The number of benzene rings is 1. The molecule has 1 rings (SSSR count). The fraction of sp³-hybridized carbons (Fsp3) is 0.400. The molecule has 0 fully saturated rings. The summed E-state index contributed by atoms with van der Waals surface area (Å²) in [5.41, 5.74) is 7.18. The zero-order valence-corrected chi connectivity index (χ0v) is 11.4. The minimum atomic E-state index is -0.128. The minimum absolute atomic E-state index is 0.0661. The molecule has 3 N–H and O–H groups in total. The summed E-state index contributed by atoms with van der Waals surface area (Å²) in [4.78, 5) is 11.8. The molecule has 0 unspecified atom stereocenters. The third kappa shape index (κ3) is 4.24. The molecule has 0 bridgehead atoms. The van der Waals surface area contributed by atoms with Crippen molar-refractivity contribution in [2.45, 2.75) is 39.2 Å². The highest BCUT2D eigenvalue weighted by molar-refractivity contribution is 5.92. The lowest BCUT2D eigenvalue weighted by molar-refractivity contribution is -0.118. The van der Waals surface area contributed by atoms with Gasteiger partial charge in [-0.1, -0.05) is 26.0 Å². The first kappa shape index (κ1) is 14.3. The minimum Gasteiger partial charge on any atom is -0.399 e. The monoisotopic (exact) mass is 246 g/mol. The molecule has 0 spiro atoms. The number of carbonyl (C=O) groups is 1. The highest BCUT2D eigenvalue weighted by Gasteiger charge is 2.20. The number of nitrogens with one attached hydrogen (secondary N) is 1. The molecule has 0 atom stereocenters. The van der Waals surface area contributed by atoms with Crippen molar-refractivity contribution in [3.05, 3.63) is 35.9 Å². The Morgan fingerprint density at radius 1 is 1.39 bits per heavy atom. The second kappa shape index (κ2) is 6.24. The van der Waals surface area contributed by atoms with Gasteiger partial charge < -0.3 is 11.1 Å². The zero-order chi connectivity index (χ0) is 13.6. The number of nitrogen functional groups attached to an aromatic ring is 1. The van der Waals surface area contributed by atoms with Gasteiger partial charge in [-0.25, -0.2) is 0 Å². The van der Waals surface area contributed by atoms with E-state index in [-0.39, 0.29) is 11.4 Å². The molecule has 1 aromatic rings. The average Bonchev–Trinajstić information content (AvgIpc) is 2.36. The summed E-state index contributed by atoms with van der Waals surface area (Å²) in [6.45, 7) is 6.20. The third-order valence-electron chi connectivity index (χ3n) is 3.32. The van der Waals surface area contributed by atoms with E-state index in [4.69, 9.17) is 5.73 Å². The maximum atomic E-state index is 11.8. The van der Waals surface area contributed by atoms with Crippen LogP contribution < -0.4 is 11.1 Å². The lowest BCUT2D eigenvalue weighted by atomic mass is 9.95. The molecule has 18 heavy (non-hydrogen) atoms. The van der Waals surface area contributed by atoms with E-state index in [2.05, 4.69) is 26.1 Å². The van der Waals surface area contributed by atoms with E-state index in [1.807, 2.05) is 24.3 Å². The van der Waals surface area contributed by atoms with Gasteiger partial charge in [0.2, 0.25) is 5.91 Å². The molecule has 98 valence electrons. The Hall–Kier alpha value is -1.77. The van der Waals surface area contributed by atoms with Gasteiger partial charge in [-0.15, -0.1) is 0 Å². The second-order valence-corrected chi connectivity index (χ2v) is 4.76. The fourth-order valence-corrected chi connectivity index (χ4v) is 1.60. The van der Waals surface area contributed by atoms with E-state index in [0.29, 0.717) is 5.69 Å². The van der Waals surface area contributed by atoms with Crippen molar-refractivity contribution in [2.75, 3.05) is 5.73 Å². The van der Waals surface area contributed by atoms with Gasteiger partial charge in [0.15, 0.2) is 0 Å². The largest absolute Gasteiger partial charge is 0.399 e. The van der Waals surface area contributed by atoms with Gasteiger partial charge in [-0.2, -0.15) is 0 Å². The van der Waals surface area contributed by atoms with Gasteiger partial charge in [-0.05, 0) is 43.5 Å². The summed E-state index contributed by atoms with van der Waals surface area (Å²) in [7, 11) is 0. The van der Waals surface area contributed by atoms with Crippen LogP contribution >= 0.6 is 0 Å². The Morgan fingerprint density at radius 3 is 2.61 bits per heavy atom. The van der Waals surface area contributed by atoms with Gasteiger partial charge in [0.1, 0.15) is 0 Å². The molecule has 0 heterocycles. The van der Waals surface area contributed by atoms with Crippen LogP contribution in [0.5, 0.6) is 0 Å². The molecule has 1 aromatic carbocycles. The molecular weight excluding hydrogens is 224 g/mol. The molecule has 0 aliphatic rings. The second-order valence-electron chi connectivity index (χ2n) is 4.76. The Kier molecular flexibility index (Phi) is 4.95. The Labute approximate surface area is 109 Å². The molecule has 0 aliphatic heterocycles. The van der Waals surface area contributed by atoms with Crippen LogP contribution in [-0.4, -0.2) is 11.4 Å². The van der Waals surface area contributed by atoms with Gasteiger partial charge in [0.25, 0.3) is 0 Å². The Bertz CT molecular complexity index is 434. The fourth-order valence-electron chi connectivity index (χ4n) is 1.60. The van der Waals surface area contributed by atoms with E-state index in [1.54, 1.807) is 12.2 Å². The van der Waals surface area contributed by atoms with E-state index in [9.17, 15) is 4.79 Å². The first-order chi connectivity index (χ1) is 8.49. The van der Waals surface area contributed by atoms with Crippen molar-refractivity contribution < 1.29 is 4.79 Å². The predicted molar refractivity (Wildman–Crippen MR) is 77.0 cm³/mol. The zero-order valence-electron chi connectivity index (χ0n) is 11.4. The summed E-state index contributed by atoms with van der Waals surface area (Å²) >= 11 is 0. The number of amides is 1. The normalized spacial score (nSPS) is 11.7. The van der Waals surface area contributed by atoms with E-state index < -0.39 is 0 Å². The van der Waals surface area contributed by atoms with Gasteiger partial charge in [-0.3, -0.25) is 4.79 Å². The van der Waals surface area contributed by atoms with Crippen LogP contribution in [0.3, 0.4) is 0 Å². The van der Waals surface area contributed by atoms with Gasteiger partial charge in [0.05, 0.1) is 0 Å². The summed E-state index contributed by atoms with van der Waals surface area (Å²) in [6, 6.07) is 7.44. The van der Waals surface area contributed by atoms with Crippen LogP contribution in [0.2, 0.25) is 0 Å². The van der Waals surface area contributed by atoms with Crippen LogP contribution in [0.25, 0.3) is 6.08 Å². The summed E-state index contributed by atoms with van der Waals surface area (Å²) in [5.74, 6) is -0.0661. The number of nitrogens with two attached hydrogens (primary N) is 1. The summed E-state index contributed by atoms with van der Waals surface area (Å²) in [5, 5.41) is 3.02. The van der Waals surface area contributed by atoms with Crippen molar-refractivity contribution in [1.29, 1.82) is 0 Å². The van der Waals surface area contributed by atoms with Crippen molar-refractivity contribution in [3.8, 4) is 0 Å². The molecule has 0 saturated carbocycles. The highest BCUT2D eigenvalue weighted by Crippen LogP contribution is 2.13. The van der Waals surface area contributed by atoms with Crippen molar-refractivity contribution >= 4 is 17.7 Å². The Morgan fingerprint density at radius 2 is 2.06 bits per heavy atom. The SMILES string of the molecule is CCC(C)(CC)NC(=O)/C=C/c1cccc(N)c1. The van der Waals surface area contributed by atoms with Crippen LogP contribution in [0.1, 0.15) is 39.2 Å². The van der Waals surface area contributed by atoms with Crippen molar-refractivity contribution in [3.63, 3.8) is 0 Å². The predicted octanol–water partition coefficient (Wildman–Crippen LogP) is 2.98. The molecule has 0 saturated heterocycles. The van der Waals surface area contributed by atoms with E-state index in [0.717, 1.165) is 18.4 Å². The summed E-state index contributed by atoms with van der Waals surface area (Å²) < 4.78 is 0. The number of carbonyl (C=O) groups excluding carboxylic acids is 1. The molecular formula is C15H22N2O. The number of hydrogen-bond acceptors (Lipinski definition) is 2. The van der Waals surface area contributed by atoms with Gasteiger partial charge in [0, 0.05) is 17.3 Å². The molecule has 0 aliphatic carbocycles. The number of anilines is 1. The van der Waals surface area contributed by atoms with Crippen LogP contribution in [0, 0.1) is 0 Å². The quantitative estimate of drug-likeness (QED) is 0.620. The number of rotatable bonds is 5. The lowest BCUT2D eigenvalue weighted by Gasteiger charge is -2.27. The average molecular weight is 246 g/mol. The third-order valence-corrected chi connectivity index (χ3v) is 3.32. The van der Waals surface area contributed by atoms with Gasteiger partial charge >= 0.3 is 0 Å². The maximum Gasteiger partial charge on any atom is 0.244 e. The first-order valence-corrected chi connectivity index (χ1v) is 6.35. The lowest BCUT2D eigenvalue weighted by Crippen LogP contribution is -2.44. The van der Waals surface area contributed by atoms with Crippen molar-refractivity contribution in [1.82, 2.24) is 5.32 Å². The Balaban J connectivity index is 2.65. The molecule has 0 aromatic heterocycles. The first-order valence-electron chi connectivity index (χ1n) is 6.35. The van der Waals surface area contributed by atoms with Crippen LogP contribution in [-0.2, 0) is 4.79 Å². The van der Waals surface area contributed by atoms with Crippen molar-refractivity contribution in [2.24, 2.45) is 0 Å². The summed E-state index contributed by atoms with van der Waals surface area (Å²) in [6.07, 6.45) is 5.17. The molecule has 1 amide bonds. The standard InChI is InChI=1S/C15H22N2O/c1-4-15(3,5-2)17-14(18)10-9-12-7-6-8-13(16)11-12/h6-11H,4-5,16H2,1-3H3,(H,17,18)/b10-9+. The molecule has 3 heteroatoms. The maximum absolute atomic E-state index is 11.8. The highest BCUT2D eigenvalue weighted by atomic mass is 16.1. The van der Waals surface area contributed by atoms with Crippen LogP contribution in [0.15, 0.2) is 30.3 Å². The van der Waals surface area contributed by atoms with E-state index >= 15 is 0 Å². The smallest absolute Gasteiger partial charge is 0.244 e.